The number of H-pyrrole nitrogens is 1. The number of aromatic amines is 1. The fourth-order valence-electron chi connectivity index (χ4n) is 3.50. The maximum absolute atomic E-state index is 12.5. The van der Waals surface area contributed by atoms with Gasteiger partial charge in [-0.2, -0.15) is 5.10 Å². The minimum atomic E-state index is -0.496. The first-order valence-electron chi connectivity index (χ1n) is 10.8. The number of nitrogens with one attached hydrogen (secondary N) is 2. The number of amides is 1. The standard InChI is InChI=1S/C24H28N4O4S/c1-30-21-4-2-3-18(13-21)17-32-24(29)27-22-6-5-19(20-15-25-26-16-20)14-23(22)33-12-9-28-7-10-31-11-8-28/h2-6,13-16H,7-12,17H2,1H3,(H,25,26)(H,27,29). The fraction of sp³-hybridized carbons (Fsp3) is 0.333. The molecule has 0 atom stereocenters. The van der Waals surface area contributed by atoms with Gasteiger partial charge in [-0.15, -0.1) is 11.8 Å². The Morgan fingerprint density at radius 1 is 1.21 bits per heavy atom. The van der Waals surface area contributed by atoms with Gasteiger partial charge in [0.05, 0.1) is 32.2 Å². The predicted octanol–water partition coefficient (Wildman–Crippen LogP) is 4.26. The number of benzene rings is 2. The van der Waals surface area contributed by atoms with Gasteiger partial charge in [-0.25, -0.2) is 4.79 Å². The van der Waals surface area contributed by atoms with E-state index in [0.29, 0.717) is 0 Å². The molecule has 1 aliphatic heterocycles. The Kier molecular flexibility index (Phi) is 8.24. The van der Waals surface area contributed by atoms with E-state index in [1.807, 2.05) is 42.6 Å². The second kappa shape index (κ2) is 11.7. The summed E-state index contributed by atoms with van der Waals surface area (Å²) in [5.74, 6) is 1.63. The zero-order valence-electron chi connectivity index (χ0n) is 18.6. The summed E-state index contributed by atoms with van der Waals surface area (Å²) in [4.78, 5) is 15.9. The van der Waals surface area contributed by atoms with Crippen LogP contribution in [0.4, 0.5) is 10.5 Å². The average molecular weight is 469 g/mol. The van der Waals surface area contributed by atoms with Gasteiger partial charge in [-0.05, 0) is 35.4 Å². The highest BCUT2D eigenvalue weighted by molar-refractivity contribution is 7.99. The molecular weight excluding hydrogens is 440 g/mol. The number of hydrogen-bond donors (Lipinski definition) is 2. The molecule has 0 radical (unpaired) electrons. The van der Waals surface area contributed by atoms with Crippen LogP contribution in [0, 0.1) is 0 Å². The van der Waals surface area contributed by atoms with Crippen LogP contribution in [0.5, 0.6) is 5.75 Å². The van der Waals surface area contributed by atoms with Crippen molar-refractivity contribution in [2.45, 2.75) is 11.5 Å². The molecule has 8 nitrogen and oxygen atoms in total. The third kappa shape index (κ3) is 6.74. The molecule has 1 aromatic heterocycles. The van der Waals surface area contributed by atoms with Crippen LogP contribution in [-0.4, -0.2) is 66.9 Å². The summed E-state index contributed by atoms with van der Waals surface area (Å²) in [5, 5.41) is 9.79. The van der Waals surface area contributed by atoms with E-state index in [-0.39, 0.29) is 6.61 Å². The first-order valence-corrected chi connectivity index (χ1v) is 11.8. The van der Waals surface area contributed by atoms with Crippen LogP contribution in [0.2, 0.25) is 0 Å². The third-order valence-corrected chi connectivity index (χ3v) is 6.36. The van der Waals surface area contributed by atoms with E-state index in [2.05, 4.69) is 26.5 Å². The summed E-state index contributed by atoms with van der Waals surface area (Å²) in [5.41, 5.74) is 3.62. The molecule has 33 heavy (non-hydrogen) atoms. The maximum Gasteiger partial charge on any atom is 0.411 e. The average Bonchev–Trinajstić information content (AvgIpc) is 3.40. The summed E-state index contributed by atoms with van der Waals surface area (Å²) < 4.78 is 16.1. The normalized spacial score (nSPS) is 14.1. The molecule has 9 heteroatoms. The zero-order chi connectivity index (χ0) is 22.9. The highest BCUT2D eigenvalue weighted by atomic mass is 32.2. The van der Waals surface area contributed by atoms with E-state index in [1.165, 1.54) is 0 Å². The van der Waals surface area contributed by atoms with Crippen molar-refractivity contribution in [3.8, 4) is 16.9 Å². The van der Waals surface area contributed by atoms with Gasteiger partial charge in [0.15, 0.2) is 0 Å². The number of ether oxygens (including phenoxy) is 3. The van der Waals surface area contributed by atoms with E-state index in [0.717, 1.165) is 71.6 Å². The predicted molar refractivity (Wildman–Crippen MR) is 129 cm³/mol. The van der Waals surface area contributed by atoms with Crippen LogP contribution in [0.1, 0.15) is 5.56 Å². The summed E-state index contributed by atoms with van der Waals surface area (Å²) >= 11 is 1.71. The van der Waals surface area contributed by atoms with Gasteiger partial charge in [-0.1, -0.05) is 18.2 Å². The molecule has 2 aromatic carbocycles. The van der Waals surface area contributed by atoms with Crippen molar-refractivity contribution in [3.05, 3.63) is 60.4 Å². The lowest BCUT2D eigenvalue weighted by molar-refractivity contribution is 0.0410. The molecule has 1 aliphatic rings. The highest BCUT2D eigenvalue weighted by Crippen LogP contribution is 2.32. The van der Waals surface area contributed by atoms with E-state index < -0.39 is 6.09 Å². The van der Waals surface area contributed by atoms with Crippen LogP contribution >= 0.6 is 11.8 Å². The third-order valence-electron chi connectivity index (χ3n) is 5.32. The monoisotopic (exact) mass is 468 g/mol. The number of anilines is 1. The van der Waals surface area contributed by atoms with Crippen molar-refractivity contribution < 1.29 is 19.0 Å². The van der Waals surface area contributed by atoms with Crippen LogP contribution in [0.15, 0.2) is 59.8 Å². The molecule has 1 fully saturated rings. The van der Waals surface area contributed by atoms with Crippen LogP contribution in [0.25, 0.3) is 11.1 Å². The Bertz CT molecular complexity index is 1040. The smallest absolute Gasteiger partial charge is 0.411 e. The molecule has 0 saturated carbocycles. The summed E-state index contributed by atoms with van der Waals surface area (Å²) in [7, 11) is 1.61. The topological polar surface area (TPSA) is 88.7 Å². The van der Waals surface area contributed by atoms with Crippen molar-refractivity contribution in [1.82, 2.24) is 15.1 Å². The van der Waals surface area contributed by atoms with Gasteiger partial charge in [-0.3, -0.25) is 15.3 Å². The van der Waals surface area contributed by atoms with Gasteiger partial charge in [0, 0.05) is 42.0 Å². The van der Waals surface area contributed by atoms with Gasteiger partial charge >= 0.3 is 6.09 Å². The van der Waals surface area contributed by atoms with E-state index in [9.17, 15) is 4.79 Å². The van der Waals surface area contributed by atoms with Gasteiger partial charge in [0.2, 0.25) is 0 Å². The molecule has 0 aliphatic carbocycles. The molecule has 0 unspecified atom stereocenters. The van der Waals surface area contributed by atoms with Gasteiger partial charge in [0.1, 0.15) is 12.4 Å². The number of morpholine rings is 1. The minimum Gasteiger partial charge on any atom is -0.497 e. The van der Waals surface area contributed by atoms with E-state index >= 15 is 0 Å². The molecule has 1 saturated heterocycles. The molecule has 174 valence electrons. The Balaban J connectivity index is 1.40. The van der Waals surface area contributed by atoms with Crippen molar-refractivity contribution in [1.29, 1.82) is 0 Å². The number of carbonyl (C=O) groups excluding carboxylic acids is 1. The van der Waals surface area contributed by atoms with Gasteiger partial charge < -0.3 is 14.2 Å². The van der Waals surface area contributed by atoms with Crippen molar-refractivity contribution in [2.75, 3.05) is 51.0 Å². The summed E-state index contributed by atoms with van der Waals surface area (Å²) in [6.07, 6.45) is 3.14. The summed E-state index contributed by atoms with van der Waals surface area (Å²) in [6, 6.07) is 13.4. The minimum absolute atomic E-state index is 0.162. The molecular formula is C24H28N4O4S. The maximum atomic E-state index is 12.5. The largest absolute Gasteiger partial charge is 0.497 e. The molecule has 0 spiro atoms. The van der Waals surface area contributed by atoms with Crippen molar-refractivity contribution >= 4 is 23.5 Å². The first kappa shape index (κ1) is 23.2. The Morgan fingerprint density at radius 2 is 2.09 bits per heavy atom. The summed E-state index contributed by atoms with van der Waals surface area (Å²) in [6.45, 7) is 4.60. The molecule has 1 amide bonds. The van der Waals surface area contributed by atoms with E-state index in [4.69, 9.17) is 14.2 Å². The second-order valence-electron chi connectivity index (χ2n) is 7.55. The number of rotatable bonds is 9. The molecule has 2 heterocycles. The number of carbonyl (C=O) groups is 1. The van der Waals surface area contributed by atoms with Crippen molar-refractivity contribution in [3.63, 3.8) is 0 Å². The lowest BCUT2D eigenvalue weighted by Gasteiger charge is -2.26. The van der Waals surface area contributed by atoms with Crippen LogP contribution < -0.4 is 10.1 Å². The number of thioether (sulfide) groups is 1. The SMILES string of the molecule is COc1cccc(COC(=O)Nc2ccc(-c3cn[nH]c3)cc2SCCN2CCOCC2)c1. The Hall–Kier alpha value is -3.01. The first-order chi connectivity index (χ1) is 16.2. The van der Waals surface area contributed by atoms with Crippen LogP contribution in [-0.2, 0) is 16.1 Å². The van der Waals surface area contributed by atoms with Gasteiger partial charge in [0.25, 0.3) is 0 Å². The molecule has 0 bridgehead atoms. The zero-order valence-corrected chi connectivity index (χ0v) is 19.4. The highest BCUT2D eigenvalue weighted by Gasteiger charge is 2.14. The number of nitrogens with zero attached hydrogens (tertiary/aromatic N) is 2. The lowest BCUT2D eigenvalue weighted by Crippen LogP contribution is -2.37. The van der Waals surface area contributed by atoms with Crippen molar-refractivity contribution in [2.24, 2.45) is 0 Å². The Morgan fingerprint density at radius 3 is 2.88 bits per heavy atom. The molecule has 4 rings (SSSR count). The molecule has 3 aromatic rings. The van der Waals surface area contributed by atoms with Crippen LogP contribution in [0.3, 0.4) is 0 Å². The molecule has 2 N–H and O–H groups in total. The second-order valence-corrected chi connectivity index (χ2v) is 8.69. The van der Waals surface area contributed by atoms with E-state index in [1.54, 1.807) is 25.1 Å². The Labute approximate surface area is 197 Å². The number of hydrogen-bond acceptors (Lipinski definition) is 7. The number of methoxy groups -OCH3 is 1. The fourth-order valence-corrected chi connectivity index (χ4v) is 4.55. The lowest BCUT2D eigenvalue weighted by atomic mass is 10.1. The quantitative estimate of drug-likeness (QED) is 0.454. The number of aromatic nitrogens is 2.